The Morgan fingerprint density at radius 1 is 1.35 bits per heavy atom. The average molecular weight is 341 g/mol. The Hall–Kier alpha value is -1.43. The van der Waals surface area contributed by atoms with E-state index in [9.17, 15) is 13.4 Å². The molecule has 4 nitrogen and oxygen atoms in total. The molecule has 128 valence electrons. The molecule has 1 aromatic carbocycles. The van der Waals surface area contributed by atoms with E-state index in [2.05, 4.69) is 0 Å². The highest BCUT2D eigenvalue weighted by Gasteiger charge is 2.28. The third-order valence-corrected chi connectivity index (χ3v) is 5.21. The van der Waals surface area contributed by atoms with E-state index in [1.807, 2.05) is 20.8 Å². The zero-order valence-electron chi connectivity index (χ0n) is 13.9. The molecule has 2 unspecified atom stereocenters. The molecule has 0 aliphatic carbocycles. The summed E-state index contributed by atoms with van der Waals surface area (Å²) in [6.45, 7) is 6.76. The van der Waals surface area contributed by atoms with Crippen LogP contribution in [0.1, 0.15) is 33.6 Å². The minimum Gasteiger partial charge on any atom is -0.444 e. The standard InChI is InChI=1S/C17H24FNO3S/c1-17(2,3)22-16(20)19-10-4-5-13(11-19)12-23(21)15-8-6-14(18)7-9-15/h6-9,13H,4-5,10-12H2,1-3H3. The van der Waals surface area contributed by atoms with E-state index in [1.165, 1.54) is 12.1 Å². The van der Waals surface area contributed by atoms with Crippen LogP contribution in [0.4, 0.5) is 9.18 Å². The second-order valence-corrected chi connectivity index (χ2v) is 8.40. The summed E-state index contributed by atoms with van der Waals surface area (Å²) in [5.74, 6) is 0.312. The lowest BCUT2D eigenvalue weighted by molar-refractivity contribution is 0.0176. The van der Waals surface area contributed by atoms with Crippen LogP contribution in [0.5, 0.6) is 0 Å². The summed E-state index contributed by atoms with van der Waals surface area (Å²) < 4.78 is 30.7. The van der Waals surface area contributed by atoms with Gasteiger partial charge in [0.15, 0.2) is 0 Å². The first-order valence-corrected chi connectivity index (χ1v) is 9.18. The maximum Gasteiger partial charge on any atom is 0.410 e. The van der Waals surface area contributed by atoms with Crippen molar-refractivity contribution in [1.82, 2.24) is 4.90 Å². The SMILES string of the molecule is CC(C)(C)OC(=O)N1CCCC(CS(=O)c2ccc(F)cc2)C1. The molecule has 6 heteroatoms. The van der Waals surface area contributed by atoms with Gasteiger partial charge in [0.2, 0.25) is 0 Å². The summed E-state index contributed by atoms with van der Waals surface area (Å²) in [5.41, 5.74) is -0.513. The van der Waals surface area contributed by atoms with Crippen molar-refractivity contribution in [3.63, 3.8) is 0 Å². The number of hydrogen-bond acceptors (Lipinski definition) is 3. The number of carbonyl (C=O) groups excluding carboxylic acids is 1. The van der Waals surface area contributed by atoms with Gasteiger partial charge in [-0.3, -0.25) is 4.21 Å². The number of ether oxygens (including phenoxy) is 1. The number of nitrogens with zero attached hydrogens (tertiary/aromatic N) is 1. The molecule has 1 aliphatic heterocycles. The lowest BCUT2D eigenvalue weighted by atomic mass is 10.0. The molecule has 1 amide bonds. The van der Waals surface area contributed by atoms with Crippen LogP contribution in [-0.4, -0.2) is 39.6 Å². The lowest BCUT2D eigenvalue weighted by Gasteiger charge is -2.34. The number of likely N-dealkylation sites (tertiary alicyclic amines) is 1. The molecule has 0 aromatic heterocycles. The lowest BCUT2D eigenvalue weighted by Crippen LogP contribution is -2.43. The summed E-state index contributed by atoms with van der Waals surface area (Å²) >= 11 is 0. The highest BCUT2D eigenvalue weighted by atomic mass is 32.2. The van der Waals surface area contributed by atoms with E-state index in [0.717, 1.165) is 12.8 Å². The van der Waals surface area contributed by atoms with Gasteiger partial charge in [-0.1, -0.05) is 0 Å². The van der Waals surface area contributed by atoms with Gasteiger partial charge in [0.1, 0.15) is 11.4 Å². The molecule has 2 rings (SSSR count). The topological polar surface area (TPSA) is 46.6 Å². The van der Waals surface area contributed by atoms with Gasteiger partial charge in [-0.25, -0.2) is 9.18 Å². The van der Waals surface area contributed by atoms with Crippen LogP contribution in [0.15, 0.2) is 29.2 Å². The van der Waals surface area contributed by atoms with Crippen LogP contribution in [0, 0.1) is 11.7 Å². The molecule has 0 N–H and O–H groups in total. The van der Waals surface area contributed by atoms with Crippen LogP contribution in [0.25, 0.3) is 0 Å². The smallest absolute Gasteiger partial charge is 0.410 e. The molecule has 0 radical (unpaired) electrons. The number of piperidine rings is 1. The Morgan fingerprint density at radius 3 is 2.61 bits per heavy atom. The number of carbonyl (C=O) groups is 1. The summed E-state index contributed by atoms with van der Waals surface area (Å²) in [6.07, 6.45) is 1.51. The van der Waals surface area contributed by atoms with Gasteiger partial charge >= 0.3 is 6.09 Å². The number of rotatable bonds is 3. The molecular weight excluding hydrogens is 317 g/mol. The van der Waals surface area contributed by atoms with Crippen molar-refractivity contribution in [2.24, 2.45) is 5.92 Å². The van der Waals surface area contributed by atoms with Crippen molar-refractivity contribution in [1.29, 1.82) is 0 Å². The molecule has 1 aromatic rings. The van der Waals surface area contributed by atoms with E-state index in [4.69, 9.17) is 4.74 Å². The van der Waals surface area contributed by atoms with Crippen molar-refractivity contribution in [3.8, 4) is 0 Å². The first-order chi connectivity index (χ1) is 10.7. The zero-order valence-corrected chi connectivity index (χ0v) is 14.7. The fourth-order valence-electron chi connectivity index (χ4n) is 2.59. The van der Waals surface area contributed by atoms with Crippen LogP contribution in [0.3, 0.4) is 0 Å². The molecule has 0 bridgehead atoms. The predicted octanol–water partition coefficient (Wildman–Crippen LogP) is 3.58. The largest absolute Gasteiger partial charge is 0.444 e. The second-order valence-electron chi connectivity index (χ2n) is 6.90. The van der Waals surface area contributed by atoms with Crippen LogP contribution in [-0.2, 0) is 15.5 Å². The Labute approximate surface area is 139 Å². The van der Waals surface area contributed by atoms with Crippen molar-refractivity contribution < 1.29 is 18.1 Å². The van der Waals surface area contributed by atoms with Crippen LogP contribution < -0.4 is 0 Å². The molecule has 2 atom stereocenters. The monoisotopic (exact) mass is 341 g/mol. The summed E-state index contributed by atoms with van der Waals surface area (Å²) in [4.78, 5) is 14.5. The molecular formula is C17H24FNO3S. The van der Waals surface area contributed by atoms with Crippen molar-refractivity contribution >= 4 is 16.9 Å². The third kappa shape index (κ3) is 5.61. The highest BCUT2D eigenvalue weighted by molar-refractivity contribution is 7.85. The predicted molar refractivity (Wildman–Crippen MR) is 88.2 cm³/mol. The quantitative estimate of drug-likeness (QED) is 0.844. The van der Waals surface area contributed by atoms with Crippen LogP contribution >= 0.6 is 0 Å². The molecule has 1 aliphatic rings. The summed E-state index contributed by atoms with van der Waals surface area (Å²) in [6, 6.07) is 5.75. The van der Waals surface area contributed by atoms with E-state index in [1.54, 1.807) is 17.0 Å². The minimum absolute atomic E-state index is 0.169. The summed E-state index contributed by atoms with van der Waals surface area (Å²) in [5, 5.41) is 0. The molecule has 0 saturated carbocycles. The number of hydrogen-bond donors (Lipinski definition) is 0. The van der Waals surface area contributed by atoms with Crippen molar-refractivity contribution in [2.45, 2.75) is 44.1 Å². The van der Waals surface area contributed by atoms with E-state index in [-0.39, 0.29) is 17.8 Å². The van der Waals surface area contributed by atoms with Gasteiger partial charge < -0.3 is 9.64 Å². The molecule has 0 spiro atoms. The molecule has 1 saturated heterocycles. The minimum atomic E-state index is -1.18. The number of halogens is 1. The molecule has 1 fully saturated rings. The van der Waals surface area contributed by atoms with Gasteiger partial charge in [-0.05, 0) is 63.8 Å². The van der Waals surface area contributed by atoms with Gasteiger partial charge in [0.05, 0.1) is 10.8 Å². The maximum atomic E-state index is 12.9. The van der Waals surface area contributed by atoms with E-state index in [0.29, 0.717) is 23.7 Å². The fraction of sp³-hybridized carbons (Fsp3) is 0.588. The Balaban J connectivity index is 1.92. The number of benzene rings is 1. The van der Waals surface area contributed by atoms with Gasteiger partial charge in [-0.15, -0.1) is 0 Å². The highest BCUT2D eigenvalue weighted by Crippen LogP contribution is 2.22. The second kappa shape index (κ2) is 7.43. The van der Waals surface area contributed by atoms with Gasteiger partial charge in [0.25, 0.3) is 0 Å². The Morgan fingerprint density at radius 2 is 2.00 bits per heavy atom. The zero-order chi connectivity index (χ0) is 17.0. The molecule has 23 heavy (non-hydrogen) atoms. The van der Waals surface area contributed by atoms with Crippen LogP contribution in [0.2, 0.25) is 0 Å². The third-order valence-electron chi connectivity index (χ3n) is 3.63. The fourth-order valence-corrected chi connectivity index (χ4v) is 3.92. The Kier molecular flexibility index (Phi) is 5.79. The first-order valence-electron chi connectivity index (χ1n) is 7.86. The van der Waals surface area contributed by atoms with Crippen molar-refractivity contribution in [2.75, 3.05) is 18.8 Å². The van der Waals surface area contributed by atoms with Gasteiger partial charge in [0, 0.05) is 23.7 Å². The Bertz CT molecular complexity index is 568. The summed E-state index contributed by atoms with van der Waals surface area (Å²) in [7, 11) is -1.18. The van der Waals surface area contributed by atoms with E-state index >= 15 is 0 Å². The maximum absolute atomic E-state index is 12.9. The molecule has 1 heterocycles. The normalized spacial score (nSPS) is 20.2. The van der Waals surface area contributed by atoms with Crippen molar-refractivity contribution in [3.05, 3.63) is 30.1 Å². The van der Waals surface area contributed by atoms with E-state index < -0.39 is 16.4 Å². The first kappa shape index (κ1) is 17.9. The average Bonchev–Trinajstić information content (AvgIpc) is 2.46. The van der Waals surface area contributed by atoms with Gasteiger partial charge in [-0.2, -0.15) is 0 Å². The number of amides is 1.